The van der Waals surface area contributed by atoms with Crippen LogP contribution in [0.2, 0.25) is 0 Å². The maximum atomic E-state index is 11.8. The number of hydrogen-bond donors (Lipinski definition) is 5. The molecule has 0 aromatic heterocycles. The van der Waals surface area contributed by atoms with Crippen LogP contribution in [0.15, 0.2) is 24.5 Å². The first kappa shape index (κ1) is 19.2. The lowest BCUT2D eigenvalue weighted by atomic mass is 9.76. The van der Waals surface area contributed by atoms with Crippen LogP contribution in [0.4, 0.5) is 0 Å². The van der Waals surface area contributed by atoms with Crippen LogP contribution >= 0.6 is 0 Å². The van der Waals surface area contributed by atoms with Crippen LogP contribution in [0.5, 0.6) is 0 Å². The molecule has 3 heterocycles. The molecule has 2 fully saturated rings. The second-order valence-electron chi connectivity index (χ2n) is 6.44. The van der Waals surface area contributed by atoms with Crippen LogP contribution < -0.4 is 0 Å². The maximum Gasteiger partial charge on any atom is 0.340 e. The minimum Gasteiger partial charge on any atom is -0.471 e. The van der Waals surface area contributed by atoms with Gasteiger partial charge in [-0.25, -0.2) is 4.79 Å². The number of aliphatic hydroxyl groups excluding tert-OH is 4. The standard InChI is InChI=1S/C16H22O10/c1-2-7-14(24-6-8-13(21)23-4-3-16(7,8)22)26-15-12(20)11(19)10(18)9(5-17)25-15/h2,6-7,9-12,14-15,17-20,22H,1,3-5H2/t7-,9+,10+,11-,12+,14-,15-,16+/m0/s1. The summed E-state index contributed by atoms with van der Waals surface area (Å²) in [4.78, 5) is 11.8. The number of carbonyl (C=O) groups excluding carboxylic acids is 1. The lowest BCUT2D eigenvalue weighted by molar-refractivity contribution is -0.344. The Morgan fingerprint density at radius 1 is 1.27 bits per heavy atom. The summed E-state index contributed by atoms with van der Waals surface area (Å²) in [5.74, 6) is -1.61. The summed E-state index contributed by atoms with van der Waals surface area (Å²) in [6, 6.07) is 0. The molecule has 10 nitrogen and oxygen atoms in total. The molecule has 0 spiro atoms. The molecule has 146 valence electrons. The maximum absolute atomic E-state index is 11.8. The largest absolute Gasteiger partial charge is 0.471 e. The van der Waals surface area contributed by atoms with Gasteiger partial charge in [0.05, 0.1) is 25.4 Å². The van der Waals surface area contributed by atoms with Crippen LogP contribution in [0.25, 0.3) is 0 Å². The molecule has 0 bridgehead atoms. The Morgan fingerprint density at radius 2 is 2.00 bits per heavy atom. The number of hydrogen-bond acceptors (Lipinski definition) is 10. The average molecular weight is 374 g/mol. The fourth-order valence-corrected chi connectivity index (χ4v) is 3.36. The summed E-state index contributed by atoms with van der Waals surface area (Å²) < 4.78 is 21.1. The number of cyclic esters (lactones) is 1. The van der Waals surface area contributed by atoms with E-state index in [0.29, 0.717) is 0 Å². The number of esters is 1. The molecule has 10 heteroatoms. The third-order valence-electron chi connectivity index (χ3n) is 4.94. The Labute approximate surface area is 148 Å². The third kappa shape index (κ3) is 3.03. The summed E-state index contributed by atoms with van der Waals surface area (Å²) >= 11 is 0. The van der Waals surface area contributed by atoms with Crippen molar-refractivity contribution in [3.63, 3.8) is 0 Å². The van der Waals surface area contributed by atoms with Gasteiger partial charge >= 0.3 is 5.97 Å². The molecular weight excluding hydrogens is 352 g/mol. The van der Waals surface area contributed by atoms with Crippen molar-refractivity contribution in [2.75, 3.05) is 13.2 Å². The quantitative estimate of drug-likeness (QED) is 0.264. The Kier molecular flexibility index (Phi) is 5.35. The lowest BCUT2D eigenvalue weighted by Gasteiger charge is -2.46. The van der Waals surface area contributed by atoms with Crippen molar-refractivity contribution in [3.8, 4) is 0 Å². The van der Waals surface area contributed by atoms with E-state index in [9.17, 15) is 30.3 Å². The second-order valence-corrected chi connectivity index (χ2v) is 6.44. The molecule has 0 aromatic rings. The molecule has 26 heavy (non-hydrogen) atoms. The molecule has 2 saturated heterocycles. The first-order valence-electron chi connectivity index (χ1n) is 8.17. The third-order valence-corrected chi connectivity index (χ3v) is 4.94. The molecule has 0 amide bonds. The van der Waals surface area contributed by atoms with E-state index < -0.39 is 61.1 Å². The molecule has 3 rings (SSSR count). The fourth-order valence-electron chi connectivity index (χ4n) is 3.36. The average Bonchev–Trinajstić information content (AvgIpc) is 2.61. The van der Waals surface area contributed by atoms with Gasteiger partial charge in [0, 0.05) is 6.42 Å². The van der Waals surface area contributed by atoms with Gasteiger partial charge in [0.2, 0.25) is 6.29 Å². The highest BCUT2D eigenvalue weighted by molar-refractivity contribution is 5.91. The van der Waals surface area contributed by atoms with Gasteiger partial charge in [-0.05, 0) is 0 Å². The molecule has 0 saturated carbocycles. The molecule has 3 aliphatic heterocycles. The number of fused-ring (bicyclic) bond motifs is 1. The highest BCUT2D eigenvalue weighted by Gasteiger charge is 2.54. The van der Waals surface area contributed by atoms with Gasteiger partial charge in [-0.3, -0.25) is 0 Å². The van der Waals surface area contributed by atoms with E-state index in [2.05, 4.69) is 6.58 Å². The van der Waals surface area contributed by atoms with Crippen LogP contribution in [0.1, 0.15) is 6.42 Å². The van der Waals surface area contributed by atoms with Crippen molar-refractivity contribution in [2.45, 2.75) is 49.0 Å². The molecule has 3 aliphatic rings. The van der Waals surface area contributed by atoms with Crippen LogP contribution in [-0.2, 0) is 23.7 Å². The Balaban J connectivity index is 1.81. The molecular formula is C16H22O10. The van der Waals surface area contributed by atoms with E-state index >= 15 is 0 Å². The van der Waals surface area contributed by atoms with Gasteiger partial charge in [0.25, 0.3) is 0 Å². The van der Waals surface area contributed by atoms with Crippen LogP contribution in [0.3, 0.4) is 0 Å². The minimum atomic E-state index is -1.63. The van der Waals surface area contributed by atoms with Crippen molar-refractivity contribution < 1.29 is 49.3 Å². The van der Waals surface area contributed by atoms with Crippen molar-refractivity contribution >= 4 is 5.97 Å². The van der Waals surface area contributed by atoms with Crippen molar-refractivity contribution in [2.24, 2.45) is 5.92 Å². The summed E-state index contributed by atoms with van der Waals surface area (Å²) in [5, 5.41) is 49.9. The Hall–Kier alpha value is -1.53. The van der Waals surface area contributed by atoms with Gasteiger partial charge in [0.1, 0.15) is 35.6 Å². The fraction of sp³-hybridized carbons (Fsp3) is 0.688. The lowest BCUT2D eigenvalue weighted by Crippen LogP contribution is -2.61. The summed E-state index contributed by atoms with van der Waals surface area (Å²) in [5.41, 5.74) is -1.70. The molecule has 0 aliphatic carbocycles. The number of rotatable bonds is 4. The number of ether oxygens (including phenoxy) is 4. The predicted octanol–water partition coefficient (Wildman–Crippen LogP) is -2.48. The Bertz CT molecular complexity index is 590. The van der Waals surface area contributed by atoms with E-state index in [0.717, 1.165) is 6.26 Å². The zero-order chi connectivity index (χ0) is 19.1. The van der Waals surface area contributed by atoms with Gasteiger partial charge in [-0.1, -0.05) is 6.08 Å². The van der Waals surface area contributed by atoms with Gasteiger partial charge in [0.15, 0.2) is 6.29 Å². The van der Waals surface area contributed by atoms with Gasteiger partial charge < -0.3 is 44.5 Å². The van der Waals surface area contributed by atoms with E-state index in [1.165, 1.54) is 6.08 Å². The zero-order valence-electron chi connectivity index (χ0n) is 13.8. The summed E-state index contributed by atoms with van der Waals surface area (Å²) in [7, 11) is 0. The van der Waals surface area contributed by atoms with Crippen molar-refractivity contribution in [1.82, 2.24) is 0 Å². The van der Waals surface area contributed by atoms with Crippen molar-refractivity contribution in [3.05, 3.63) is 24.5 Å². The predicted molar refractivity (Wildman–Crippen MR) is 82.0 cm³/mol. The first-order valence-corrected chi connectivity index (χ1v) is 8.17. The first-order chi connectivity index (χ1) is 12.3. The van der Waals surface area contributed by atoms with Crippen LogP contribution in [0, 0.1) is 5.92 Å². The van der Waals surface area contributed by atoms with Gasteiger partial charge in [-0.15, -0.1) is 6.58 Å². The highest BCUT2D eigenvalue weighted by atomic mass is 16.8. The van der Waals surface area contributed by atoms with E-state index in [-0.39, 0.29) is 18.6 Å². The van der Waals surface area contributed by atoms with Crippen LogP contribution in [-0.4, -0.2) is 87.3 Å². The monoisotopic (exact) mass is 374 g/mol. The highest BCUT2D eigenvalue weighted by Crippen LogP contribution is 2.42. The Morgan fingerprint density at radius 3 is 2.65 bits per heavy atom. The minimum absolute atomic E-state index is 0.00375. The molecule has 5 N–H and O–H groups in total. The second kappa shape index (κ2) is 7.24. The zero-order valence-corrected chi connectivity index (χ0v) is 13.8. The smallest absolute Gasteiger partial charge is 0.340 e. The van der Waals surface area contributed by atoms with E-state index in [1.807, 2.05) is 0 Å². The molecule has 0 aromatic carbocycles. The molecule has 8 atom stereocenters. The van der Waals surface area contributed by atoms with E-state index in [1.54, 1.807) is 0 Å². The van der Waals surface area contributed by atoms with E-state index in [4.69, 9.17) is 18.9 Å². The molecule has 0 unspecified atom stereocenters. The topological polar surface area (TPSA) is 155 Å². The SMILES string of the molecule is C=C[C@H]1[C@H](O[C@@H]2O[C@H](CO)[C@@H](O)[C@H](O)[C@H]2O)OC=C2C(=O)OCC[C@]21O. The number of carbonyl (C=O) groups is 1. The van der Waals surface area contributed by atoms with Crippen molar-refractivity contribution in [1.29, 1.82) is 0 Å². The normalized spacial score (nSPS) is 45.8. The molecule has 0 radical (unpaired) electrons. The number of aliphatic hydroxyl groups is 5. The summed E-state index contributed by atoms with van der Waals surface area (Å²) in [6.45, 7) is 3.03. The van der Waals surface area contributed by atoms with Gasteiger partial charge in [-0.2, -0.15) is 0 Å². The summed E-state index contributed by atoms with van der Waals surface area (Å²) in [6.07, 6.45) is -6.10.